The molecule has 0 saturated heterocycles. The zero-order chi connectivity index (χ0) is 14.5. The van der Waals surface area contributed by atoms with E-state index >= 15 is 0 Å². The van der Waals surface area contributed by atoms with E-state index in [1.165, 1.54) is 5.56 Å². The minimum atomic E-state index is 0.0151. The molecule has 0 aromatic heterocycles. The SMILES string of the molecule is CCN(Cc1cccc(C)c1)C(=O)c1cccc(N)c1. The van der Waals surface area contributed by atoms with E-state index < -0.39 is 0 Å². The Labute approximate surface area is 120 Å². The van der Waals surface area contributed by atoms with Crippen LogP contribution < -0.4 is 5.73 Å². The lowest BCUT2D eigenvalue weighted by Crippen LogP contribution is -2.30. The molecule has 1 amide bonds. The third-order valence-electron chi connectivity index (χ3n) is 3.26. The summed E-state index contributed by atoms with van der Waals surface area (Å²) in [4.78, 5) is 14.3. The average molecular weight is 268 g/mol. The fraction of sp³-hybridized carbons (Fsp3) is 0.235. The van der Waals surface area contributed by atoms with Crippen LogP contribution in [0.25, 0.3) is 0 Å². The zero-order valence-electron chi connectivity index (χ0n) is 12.0. The van der Waals surface area contributed by atoms with Gasteiger partial charge in [0.05, 0.1) is 0 Å². The maximum Gasteiger partial charge on any atom is 0.254 e. The summed E-state index contributed by atoms with van der Waals surface area (Å²) in [6, 6.07) is 15.3. The lowest BCUT2D eigenvalue weighted by Gasteiger charge is -2.21. The van der Waals surface area contributed by atoms with Crippen molar-refractivity contribution in [2.24, 2.45) is 0 Å². The molecule has 2 N–H and O–H groups in total. The number of hydrogen-bond donors (Lipinski definition) is 1. The third-order valence-corrected chi connectivity index (χ3v) is 3.26. The van der Waals surface area contributed by atoms with Crippen LogP contribution in [0.3, 0.4) is 0 Å². The summed E-state index contributed by atoms with van der Waals surface area (Å²) in [5, 5.41) is 0. The number of nitrogens with two attached hydrogens (primary N) is 1. The van der Waals surface area contributed by atoms with Crippen molar-refractivity contribution < 1.29 is 4.79 Å². The molecule has 0 bridgehead atoms. The largest absolute Gasteiger partial charge is 0.399 e. The second kappa shape index (κ2) is 6.24. The second-order valence-corrected chi connectivity index (χ2v) is 4.93. The minimum absolute atomic E-state index is 0.0151. The van der Waals surface area contributed by atoms with Gasteiger partial charge in [-0.1, -0.05) is 35.9 Å². The summed E-state index contributed by atoms with van der Waals surface area (Å²) in [6.07, 6.45) is 0. The Balaban J connectivity index is 2.18. The van der Waals surface area contributed by atoms with Gasteiger partial charge >= 0.3 is 0 Å². The van der Waals surface area contributed by atoms with Crippen molar-refractivity contribution in [1.29, 1.82) is 0 Å². The minimum Gasteiger partial charge on any atom is -0.399 e. The standard InChI is InChI=1S/C17H20N2O/c1-3-19(12-14-7-4-6-13(2)10-14)17(20)15-8-5-9-16(18)11-15/h4-11H,3,12,18H2,1-2H3. The first kappa shape index (κ1) is 14.1. The lowest BCUT2D eigenvalue weighted by molar-refractivity contribution is 0.0752. The summed E-state index contributed by atoms with van der Waals surface area (Å²) in [6.45, 7) is 5.33. The summed E-state index contributed by atoms with van der Waals surface area (Å²) in [5.41, 5.74) is 9.34. The van der Waals surface area contributed by atoms with Gasteiger partial charge in [0, 0.05) is 24.3 Å². The first-order chi connectivity index (χ1) is 9.60. The number of aryl methyl sites for hydroxylation is 1. The number of amides is 1. The van der Waals surface area contributed by atoms with Crippen molar-refractivity contribution in [3.05, 3.63) is 65.2 Å². The van der Waals surface area contributed by atoms with Gasteiger partial charge in [-0.25, -0.2) is 0 Å². The van der Waals surface area contributed by atoms with E-state index in [4.69, 9.17) is 5.73 Å². The number of anilines is 1. The maximum atomic E-state index is 12.5. The Morgan fingerprint density at radius 1 is 1.15 bits per heavy atom. The number of carbonyl (C=O) groups is 1. The highest BCUT2D eigenvalue weighted by atomic mass is 16.2. The van der Waals surface area contributed by atoms with Crippen molar-refractivity contribution in [2.45, 2.75) is 20.4 Å². The molecule has 0 atom stereocenters. The maximum absolute atomic E-state index is 12.5. The highest BCUT2D eigenvalue weighted by Crippen LogP contribution is 2.13. The van der Waals surface area contributed by atoms with Crippen LogP contribution >= 0.6 is 0 Å². The number of nitrogen functional groups attached to an aromatic ring is 1. The Morgan fingerprint density at radius 3 is 2.55 bits per heavy atom. The van der Waals surface area contributed by atoms with Gasteiger partial charge in [-0.3, -0.25) is 4.79 Å². The smallest absolute Gasteiger partial charge is 0.254 e. The molecule has 0 aliphatic heterocycles. The van der Waals surface area contributed by atoms with Crippen LogP contribution in [-0.2, 0) is 6.54 Å². The van der Waals surface area contributed by atoms with Crippen molar-refractivity contribution in [3.63, 3.8) is 0 Å². The van der Waals surface area contributed by atoms with Gasteiger partial charge in [-0.15, -0.1) is 0 Å². The number of carbonyl (C=O) groups excluding carboxylic acids is 1. The molecule has 0 aliphatic carbocycles. The van der Waals surface area contributed by atoms with Gasteiger partial charge < -0.3 is 10.6 Å². The number of hydrogen-bond acceptors (Lipinski definition) is 2. The number of rotatable bonds is 4. The van der Waals surface area contributed by atoms with E-state index in [1.807, 2.05) is 30.0 Å². The summed E-state index contributed by atoms with van der Waals surface area (Å²) < 4.78 is 0. The van der Waals surface area contributed by atoms with E-state index in [-0.39, 0.29) is 5.91 Å². The van der Waals surface area contributed by atoms with Gasteiger partial charge in [0.1, 0.15) is 0 Å². The fourth-order valence-electron chi connectivity index (χ4n) is 2.21. The molecule has 2 aromatic carbocycles. The predicted octanol–water partition coefficient (Wildman–Crippen LogP) is 3.24. The Bertz CT molecular complexity index is 607. The molecule has 104 valence electrons. The molecule has 0 spiro atoms. The van der Waals surface area contributed by atoms with Crippen LogP contribution in [-0.4, -0.2) is 17.4 Å². The van der Waals surface area contributed by atoms with Crippen molar-refractivity contribution in [2.75, 3.05) is 12.3 Å². The van der Waals surface area contributed by atoms with Crippen molar-refractivity contribution >= 4 is 11.6 Å². The first-order valence-corrected chi connectivity index (χ1v) is 6.80. The number of benzene rings is 2. The molecule has 2 rings (SSSR count). The van der Waals surface area contributed by atoms with Crippen molar-refractivity contribution in [3.8, 4) is 0 Å². The van der Waals surface area contributed by atoms with E-state index in [2.05, 4.69) is 19.1 Å². The normalized spacial score (nSPS) is 10.3. The molecule has 0 heterocycles. The van der Waals surface area contributed by atoms with Gasteiger partial charge in [-0.2, -0.15) is 0 Å². The van der Waals surface area contributed by atoms with Gasteiger partial charge in [0.15, 0.2) is 0 Å². The topological polar surface area (TPSA) is 46.3 Å². The summed E-state index contributed by atoms with van der Waals surface area (Å²) in [7, 11) is 0. The van der Waals surface area contributed by atoms with Crippen LogP contribution in [0.5, 0.6) is 0 Å². The van der Waals surface area contributed by atoms with Crippen molar-refractivity contribution in [1.82, 2.24) is 4.90 Å². The molecule has 20 heavy (non-hydrogen) atoms. The predicted molar refractivity (Wildman–Crippen MR) is 82.4 cm³/mol. The van der Waals surface area contributed by atoms with Crippen LogP contribution in [0.2, 0.25) is 0 Å². The van der Waals surface area contributed by atoms with Crippen LogP contribution in [0.4, 0.5) is 5.69 Å². The molecule has 0 saturated carbocycles. The Hall–Kier alpha value is -2.29. The molecule has 0 radical (unpaired) electrons. The molecule has 3 heteroatoms. The molecule has 0 unspecified atom stereocenters. The molecule has 2 aromatic rings. The van der Waals surface area contributed by atoms with Gasteiger partial charge in [0.25, 0.3) is 5.91 Å². The molecule has 0 fully saturated rings. The van der Waals surface area contributed by atoms with Gasteiger partial charge in [0.2, 0.25) is 0 Å². The van der Waals surface area contributed by atoms with E-state index in [0.29, 0.717) is 24.3 Å². The first-order valence-electron chi connectivity index (χ1n) is 6.80. The molecular formula is C17H20N2O. The lowest BCUT2D eigenvalue weighted by atomic mass is 10.1. The highest BCUT2D eigenvalue weighted by Gasteiger charge is 2.14. The van der Waals surface area contributed by atoms with E-state index in [9.17, 15) is 4.79 Å². The Kier molecular flexibility index (Phi) is 4.41. The fourth-order valence-corrected chi connectivity index (χ4v) is 2.21. The summed E-state index contributed by atoms with van der Waals surface area (Å²) >= 11 is 0. The van der Waals surface area contributed by atoms with Crippen LogP contribution in [0.15, 0.2) is 48.5 Å². The highest BCUT2D eigenvalue weighted by molar-refractivity contribution is 5.95. The van der Waals surface area contributed by atoms with Crippen LogP contribution in [0, 0.1) is 6.92 Å². The summed E-state index contributed by atoms with van der Waals surface area (Å²) in [5.74, 6) is 0.0151. The quantitative estimate of drug-likeness (QED) is 0.865. The monoisotopic (exact) mass is 268 g/mol. The van der Waals surface area contributed by atoms with E-state index in [0.717, 1.165) is 5.56 Å². The third kappa shape index (κ3) is 3.38. The Morgan fingerprint density at radius 2 is 1.90 bits per heavy atom. The molecule has 0 aliphatic rings. The number of nitrogens with zero attached hydrogens (tertiary/aromatic N) is 1. The van der Waals surface area contributed by atoms with Gasteiger partial charge in [-0.05, 0) is 37.6 Å². The molecular weight excluding hydrogens is 248 g/mol. The zero-order valence-corrected chi connectivity index (χ0v) is 12.0. The average Bonchev–Trinajstić information content (AvgIpc) is 2.44. The molecule has 3 nitrogen and oxygen atoms in total. The second-order valence-electron chi connectivity index (χ2n) is 4.93. The van der Waals surface area contributed by atoms with E-state index in [1.54, 1.807) is 18.2 Å². The van der Waals surface area contributed by atoms with Crippen LogP contribution in [0.1, 0.15) is 28.4 Å².